The lowest BCUT2D eigenvalue weighted by atomic mass is 10.1. The molecule has 0 saturated heterocycles. The van der Waals surface area contributed by atoms with Gasteiger partial charge in [0.2, 0.25) is 0 Å². The number of aliphatic carboxylic acids is 1. The molecule has 0 fully saturated rings. The summed E-state index contributed by atoms with van der Waals surface area (Å²) in [5, 5.41) is 11.0. The van der Waals surface area contributed by atoms with Gasteiger partial charge in [-0.05, 0) is 36.6 Å². The quantitative estimate of drug-likeness (QED) is 0.745. The number of carbonyl (C=O) groups is 3. The Morgan fingerprint density at radius 2 is 1.74 bits per heavy atom. The van der Waals surface area contributed by atoms with Crippen molar-refractivity contribution in [1.29, 1.82) is 0 Å². The number of hydrogen-bond acceptors (Lipinski definition) is 4. The van der Waals surface area contributed by atoms with E-state index in [4.69, 9.17) is 9.84 Å². The van der Waals surface area contributed by atoms with E-state index in [0.717, 1.165) is 29.2 Å². The number of hydrogen-bond donors (Lipinski definition) is 2. The molecule has 0 saturated carbocycles. The zero-order valence-corrected chi connectivity index (χ0v) is 15.0. The average Bonchev–Trinajstić information content (AvgIpc) is 2.52. The van der Waals surface area contributed by atoms with Crippen molar-refractivity contribution in [3.8, 4) is 0 Å². The maximum Gasteiger partial charge on any atom is 0.416 e. The summed E-state index contributed by atoms with van der Waals surface area (Å²) in [6.07, 6.45) is -6.59. The lowest BCUT2D eigenvalue weighted by Crippen LogP contribution is -2.42. The van der Waals surface area contributed by atoms with Crippen LogP contribution in [0.3, 0.4) is 0 Å². The summed E-state index contributed by atoms with van der Waals surface area (Å²) in [6.45, 7) is 3.01. The van der Waals surface area contributed by atoms with Gasteiger partial charge in [0, 0.05) is 12.7 Å². The highest BCUT2D eigenvalue weighted by molar-refractivity contribution is 5.89. The second kappa shape index (κ2) is 9.24. The number of alkyl halides is 3. The summed E-state index contributed by atoms with van der Waals surface area (Å²) in [5.74, 6) is -1.94. The van der Waals surface area contributed by atoms with Gasteiger partial charge in [-0.1, -0.05) is 13.8 Å². The van der Waals surface area contributed by atoms with Crippen LogP contribution in [0.25, 0.3) is 0 Å². The van der Waals surface area contributed by atoms with Gasteiger partial charge >= 0.3 is 18.2 Å². The van der Waals surface area contributed by atoms with E-state index >= 15 is 0 Å². The van der Waals surface area contributed by atoms with Gasteiger partial charge < -0.3 is 14.7 Å². The van der Waals surface area contributed by atoms with Crippen LogP contribution in [0.15, 0.2) is 24.3 Å². The normalized spacial score (nSPS) is 12.4. The number of carbonyl (C=O) groups excluding carboxylic acids is 2. The van der Waals surface area contributed by atoms with Gasteiger partial charge in [-0.25, -0.2) is 4.79 Å². The standard InChI is InChI=1S/C17H21F3N2O5/c1-10(2)8-13(15(25)22(3)9-14(23)24)27-16(26)21-12-6-4-11(5-7-12)17(18,19)20/h4-7,10,13H,8-9H2,1-3H3,(H,21,26)(H,23,24)/t13-/m0/s1. The van der Waals surface area contributed by atoms with Crippen LogP contribution in [0.5, 0.6) is 0 Å². The summed E-state index contributed by atoms with van der Waals surface area (Å²) >= 11 is 0. The van der Waals surface area contributed by atoms with Crippen LogP contribution >= 0.6 is 0 Å². The van der Waals surface area contributed by atoms with Crippen molar-refractivity contribution >= 4 is 23.7 Å². The van der Waals surface area contributed by atoms with Gasteiger partial charge in [0.15, 0.2) is 6.10 Å². The van der Waals surface area contributed by atoms with Crippen molar-refractivity contribution in [2.75, 3.05) is 18.9 Å². The van der Waals surface area contributed by atoms with E-state index in [-0.39, 0.29) is 18.0 Å². The molecule has 7 nitrogen and oxygen atoms in total. The summed E-state index contributed by atoms with van der Waals surface area (Å²) < 4.78 is 42.7. The number of rotatable bonds is 7. The molecule has 0 aliphatic carbocycles. The fourth-order valence-corrected chi connectivity index (χ4v) is 2.17. The molecule has 2 amide bonds. The summed E-state index contributed by atoms with van der Waals surface area (Å²) in [7, 11) is 1.26. The van der Waals surface area contributed by atoms with Crippen molar-refractivity contribution in [2.45, 2.75) is 32.5 Å². The number of nitrogens with one attached hydrogen (secondary N) is 1. The van der Waals surface area contributed by atoms with Crippen molar-refractivity contribution in [3.63, 3.8) is 0 Å². The highest BCUT2D eigenvalue weighted by atomic mass is 19.4. The van der Waals surface area contributed by atoms with Crippen LogP contribution in [0.1, 0.15) is 25.8 Å². The molecule has 0 bridgehead atoms. The van der Waals surface area contributed by atoms with Gasteiger partial charge in [0.25, 0.3) is 5.91 Å². The summed E-state index contributed by atoms with van der Waals surface area (Å²) in [6, 6.07) is 3.71. The maximum absolute atomic E-state index is 12.5. The molecule has 0 aromatic heterocycles. The summed E-state index contributed by atoms with van der Waals surface area (Å²) in [4.78, 5) is 35.9. The largest absolute Gasteiger partial charge is 0.480 e. The number of carboxylic acids is 1. The molecule has 0 aliphatic rings. The van der Waals surface area contributed by atoms with E-state index in [2.05, 4.69) is 5.32 Å². The molecule has 0 spiro atoms. The number of nitrogens with zero attached hydrogens (tertiary/aromatic N) is 1. The first-order valence-electron chi connectivity index (χ1n) is 8.01. The molecule has 0 unspecified atom stereocenters. The van der Waals surface area contributed by atoms with Crippen molar-refractivity contribution in [1.82, 2.24) is 4.90 Å². The van der Waals surface area contributed by atoms with E-state index in [9.17, 15) is 27.6 Å². The van der Waals surface area contributed by atoms with Crippen LogP contribution in [-0.2, 0) is 20.5 Å². The number of likely N-dealkylation sites (N-methyl/N-ethyl adjacent to an activating group) is 1. The highest BCUT2D eigenvalue weighted by Crippen LogP contribution is 2.29. The third-order valence-electron chi connectivity index (χ3n) is 3.42. The number of anilines is 1. The molecule has 0 radical (unpaired) electrons. The monoisotopic (exact) mass is 390 g/mol. The number of ether oxygens (including phenoxy) is 1. The Hall–Kier alpha value is -2.78. The van der Waals surface area contributed by atoms with Crippen LogP contribution in [0, 0.1) is 5.92 Å². The van der Waals surface area contributed by atoms with Gasteiger partial charge in [0.1, 0.15) is 6.54 Å². The molecule has 1 rings (SSSR count). The first-order chi connectivity index (χ1) is 12.4. The molecule has 10 heteroatoms. The second-order valence-electron chi connectivity index (χ2n) is 6.31. The maximum atomic E-state index is 12.5. The Bertz CT molecular complexity index is 674. The molecule has 0 aliphatic heterocycles. The van der Waals surface area contributed by atoms with Crippen molar-refractivity contribution in [2.24, 2.45) is 5.92 Å². The van der Waals surface area contributed by atoms with Crippen LogP contribution in [0.2, 0.25) is 0 Å². The van der Waals surface area contributed by atoms with E-state index in [1.165, 1.54) is 7.05 Å². The Morgan fingerprint density at radius 3 is 2.19 bits per heavy atom. The third-order valence-corrected chi connectivity index (χ3v) is 3.42. The smallest absolute Gasteiger partial charge is 0.416 e. The minimum absolute atomic E-state index is 0.0314. The fourth-order valence-electron chi connectivity index (χ4n) is 2.17. The van der Waals surface area contributed by atoms with Gasteiger partial charge in [-0.15, -0.1) is 0 Å². The fraction of sp³-hybridized carbons (Fsp3) is 0.471. The third kappa shape index (κ3) is 7.55. The molecule has 150 valence electrons. The zero-order valence-electron chi connectivity index (χ0n) is 15.0. The van der Waals surface area contributed by atoms with Gasteiger partial charge in [0.05, 0.1) is 5.56 Å². The molecule has 2 N–H and O–H groups in total. The Morgan fingerprint density at radius 1 is 1.19 bits per heavy atom. The van der Waals surface area contributed by atoms with E-state index in [1.54, 1.807) is 13.8 Å². The van der Waals surface area contributed by atoms with Gasteiger partial charge in [-0.2, -0.15) is 13.2 Å². The van der Waals surface area contributed by atoms with Crippen LogP contribution in [0.4, 0.5) is 23.7 Å². The zero-order chi connectivity index (χ0) is 20.8. The minimum Gasteiger partial charge on any atom is -0.480 e. The first-order valence-corrected chi connectivity index (χ1v) is 8.01. The summed E-state index contributed by atoms with van der Waals surface area (Å²) in [5.41, 5.74) is -0.813. The molecule has 1 aromatic carbocycles. The Kier molecular flexibility index (Phi) is 7.62. The van der Waals surface area contributed by atoms with E-state index in [1.807, 2.05) is 0 Å². The number of carboxylic acid groups (broad SMARTS) is 1. The predicted molar refractivity (Wildman–Crippen MR) is 90.1 cm³/mol. The lowest BCUT2D eigenvalue weighted by Gasteiger charge is -2.24. The Balaban J connectivity index is 2.78. The molecule has 1 aromatic rings. The molecule has 1 atom stereocenters. The number of benzene rings is 1. The van der Waals surface area contributed by atoms with E-state index in [0.29, 0.717) is 0 Å². The highest BCUT2D eigenvalue weighted by Gasteiger charge is 2.30. The van der Waals surface area contributed by atoms with Gasteiger partial charge in [-0.3, -0.25) is 14.9 Å². The molecular weight excluding hydrogens is 369 g/mol. The van der Waals surface area contributed by atoms with Crippen LogP contribution < -0.4 is 5.32 Å². The first kappa shape index (κ1) is 22.3. The topological polar surface area (TPSA) is 95.9 Å². The lowest BCUT2D eigenvalue weighted by molar-refractivity contribution is -0.147. The molecule has 0 heterocycles. The predicted octanol–water partition coefficient (Wildman–Crippen LogP) is 3.21. The molecule has 27 heavy (non-hydrogen) atoms. The van der Waals surface area contributed by atoms with E-state index < -0.39 is 42.4 Å². The minimum atomic E-state index is -4.50. The van der Waals surface area contributed by atoms with Crippen molar-refractivity contribution < 1.29 is 37.4 Å². The number of amides is 2. The van der Waals surface area contributed by atoms with Crippen LogP contribution in [-0.4, -0.2) is 47.7 Å². The van der Waals surface area contributed by atoms with Crippen molar-refractivity contribution in [3.05, 3.63) is 29.8 Å². The number of halogens is 3. The SMILES string of the molecule is CC(C)C[C@H](OC(=O)Nc1ccc(C(F)(F)F)cc1)C(=O)N(C)CC(=O)O. The second-order valence-corrected chi connectivity index (χ2v) is 6.31. The molecular formula is C17H21F3N2O5. The average molecular weight is 390 g/mol. The Labute approximate surface area is 154 Å².